The minimum absolute atomic E-state index is 0.0134. The number of piperazine rings is 1. The number of aromatic hydroxyl groups is 1. The summed E-state index contributed by atoms with van der Waals surface area (Å²) < 4.78 is 5.29. The van der Waals surface area contributed by atoms with Crippen molar-refractivity contribution >= 4 is 17.3 Å². The molecule has 6 nitrogen and oxygen atoms in total. The summed E-state index contributed by atoms with van der Waals surface area (Å²) in [5.41, 5.74) is 1.55. The molecular formula is C20H26N3O3+. The lowest BCUT2D eigenvalue weighted by atomic mass is 10.2. The average molecular weight is 356 g/mol. The lowest BCUT2D eigenvalue weighted by molar-refractivity contribution is -0.914. The second kappa shape index (κ2) is 8.10. The smallest absolute Gasteiger partial charge is 0.282 e. The van der Waals surface area contributed by atoms with Crippen LogP contribution < -0.4 is 19.9 Å². The van der Waals surface area contributed by atoms with Gasteiger partial charge in [-0.2, -0.15) is 0 Å². The lowest BCUT2D eigenvalue weighted by Crippen LogP contribution is -3.19. The summed E-state index contributed by atoms with van der Waals surface area (Å²) >= 11 is 0. The van der Waals surface area contributed by atoms with Gasteiger partial charge in [-0.25, -0.2) is 0 Å². The average Bonchev–Trinajstić information content (AvgIpc) is 2.68. The molecule has 0 spiro atoms. The number of carbonyl (C=O) groups is 1. The Hall–Kier alpha value is -2.73. The monoisotopic (exact) mass is 356 g/mol. The highest BCUT2D eigenvalue weighted by atomic mass is 16.5. The molecule has 0 aromatic heterocycles. The van der Waals surface area contributed by atoms with Crippen LogP contribution in [0.4, 0.5) is 11.4 Å². The van der Waals surface area contributed by atoms with Crippen molar-refractivity contribution in [3.63, 3.8) is 0 Å². The molecule has 2 aromatic carbocycles. The molecular weight excluding hydrogens is 330 g/mol. The molecule has 1 fully saturated rings. The van der Waals surface area contributed by atoms with E-state index in [0.29, 0.717) is 17.2 Å². The predicted molar refractivity (Wildman–Crippen MR) is 102 cm³/mol. The van der Waals surface area contributed by atoms with Crippen LogP contribution in [0.15, 0.2) is 48.5 Å². The molecule has 1 amide bonds. The third kappa shape index (κ3) is 3.91. The summed E-state index contributed by atoms with van der Waals surface area (Å²) in [5.74, 6) is 0.950. The van der Waals surface area contributed by atoms with Crippen molar-refractivity contribution in [2.75, 3.05) is 43.5 Å². The number of hydrogen-bond donors (Lipinski definition) is 3. The first-order chi connectivity index (χ1) is 12.6. The Morgan fingerprint density at radius 3 is 2.50 bits per heavy atom. The molecule has 1 aliphatic heterocycles. The second-order valence-electron chi connectivity index (χ2n) is 6.55. The van der Waals surface area contributed by atoms with Gasteiger partial charge in [0.05, 0.1) is 44.7 Å². The molecule has 3 N–H and O–H groups in total. The van der Waals surface area contributed by atoms with Gasteiger partial charge in [0.1, 0.15) is 11.5 Å². The van der Waals surface area contributed by atoms with Gasteiger partial charge >= 0.3 is 0 Å². The van der Waals surface area contributed by atoms with Gasteiger partial charge in [0.2, 0.25) is 0 Å². The zero-order chi connectivity index (χ0) is 18.5. The number of phenols is 1. The summed E-state index contributed by atoms with van der Waals surface area (Å²) in [5, 5.41) is 13.0. The zero-order valence-corrected chi connectivity index (χ0v) is 15.2. The molecule has 0 bridgehead atoms. The SMILES string of the molecule is COc1ccccc1NC(=O)[C@H](C)[NH+]1CCN(c2ccccc2O)CC1. The van der Waals surface area contributed by atoms with E-state index in [2.05, 4.69) is 10.2 Å². The van der Waals surface area contributed by atoms with Crippen LogP contribution in [-0.2, 0) is 4.79 Å². The predicted octanol–water partition coefficient (Wildman–Crippen LogP) is 1.13. The number of benzene rings is 2. The quantitative estimate of drug-likeness (QED) is 0.752. The first-order valence-electron chi connectivity index (χ1n) is 8.91. The number of nitrogens with zero attached hydrogens (tertiary/aromatic N) is 1. The normalized spacial score (nSPS) is 16.2. The summed E-state index contributed by atoms with van der Waals surface area (Å²) in [6, 6.07) is 14.7. The van der Waals surface area contributed by atoms with E-state index in [1.54, 1.807) is 13.2 Å². The van der Waals surface area contributed by atoms with Crippen molar-refractivity contribution < 1.29 is 19.5 Å². The van der Waals surface area contributed by atoms with Gasteiger partial charge in [-0.15, -0.1) is 0 Å². The standard InChI is InChI=1S/C20H25N3O3/c1-15(20(25)21-16-7-3-6-10-19(16)26-2)22-11-13-23(14-12-22)17-8-4-5-9-18(17)24/h3-10,15,24H,11-14H2,1-2H3,(H,21,25)/p+1/t15-/m0/s1. The Morgan fingerprint density at radius 2 is 1.81 bits per heavy atom. The van der Waals surface area contributed by atoms with Crippen LogP contribution in [0.1, 0.15) is 6.92 Å². The highest BCUT2D eigenvalue weighted by Crippen LogP contribution is 2.26. The highest BCUT2D eigenvalue weighted by molar-refractivity contribution is 5.94. The molecule has 26 heavy (non-hydrogen) atoms. The minimum Gasteiger partial charge on any atom is -0.506 e. The van der Waals surface area contributed by atoms with Gasteiger partial charge in [0.25, 0.3) is 5.91 Å². The summed E-state index contributed by atoms with van der Waals surface area (Å²) in [7, 11) is 1.60. The fraction of sp³-hybridized carbons (Fsp3) is 0.350. The van der Waals surface area contributed by atoms with Crippen molar-refractivity contribution in [2.45, 2.75) is 13.0 Å². The number of carbonyl (C=O) groups excluding carboxylic acids is 1. The van der Waals surface area contributed by atoms with E-state index in [9.17, 15) is 9.90 Å². The number of methoxy groups -OCH3 is 1. The van der Waals surface area contributed by atoms with E-state index in [0.717, 1.165) is 31.9 Å². The Labute approximate surface area is 154 Å². The zero-order valence-electron chi connectivity index (χ0n) is 15.2. The molecule has 1 atom stereocenters. The van der Waals surface area contributed by atoms with Crippen LogP contribution in [0.25, 0.3) is 0 Å². The number of amides is 1. The Morgan fingerprint density at radius 1 is 1.15 bits per heavy atom. The van der Waals surface area contributed by atoms with E-state index in [1.807, 2.05) is 49.4 Å². The van der Waals surface area contributed by atoms with Crippen LogP contribution in [0, 0.1) is 0 Å². The molecule has 1 aliphatic rings. The Kier molecular flexibility index (Phi) is 5.63. The number of nitrogens with one attached hydrogen (secondary N) is 2. The van der Waals surface area contributed by atoms with Gasteiger partial charge in [0.15, 0.2) is 6.04 Å². The summed E-state index contributed by atoms with van der Waals surface area (Å²) in [6.07, 6.45) is 0. The first-order valence-corrected chi connectivity index (χ1v) is 8.91. The molecule has 1 heterocycles. The number of rotatable bonds is 5. The largest absolute Gasteiger partial charge is 0.506 e. The maximum absolute atomic E-state index is 12.6. The molecule has 1 saturated heterocycles. The summed E-state index contributed by atoms with van der Waals surface area (Å²) in [4.78, 5) is 16.1. The number of anilines is 2. The first kappa shape index (κ1) is 18.1. The van der Waals surface area contributed by atoms with Crippen molar-refractivity contribution in [3.8, 4) is 11.5 Å². The van der Waals surface area contributed by atoms with E-state index in [-0.39, 0.29) is 11.9 Å². The van der Waals surface area contributed by atoms with Gasteiger partial charge in [0, 0.05) is 0 Å². The van der Waals surface area contributed by atoms with Crippen LogP contribution in [0.3, 0.4) is 0 Å². The van der Waals surface area contributed by atoms with E-state index in [4.69, 9.17) is 4.74 Å². The number of quaternary nitrogens is 1. The summed E-state index contributed by atoms with van der Waals surface area (Å²) in [6.45, 7) is 5.25. The van der Waals surface area contributed by atoms with Crippen LogP contribution in [0.5, 0.6) is 11.5 Å². The number of para-hydroxylation sites is 4. The van der Waals surface area contributed by atoms with Crippen molar-refractivity contribution in [1.29, 1.82) is 0 Å². The van der Waals surface area contributed by atoms with Gasteiger partial charge < -0.3 is 25.0 Å². The highest BCUT2D eigenvalue weighted by Gasteiger charge is 2.30. The number of hydrogen-bond acceptors (Lipinski definition) is 4. The molecule has 3 rings (SSSR count). The number of phenolic OH excluding ortho intramolecular Hbond substituents is 1. The molecule has 0 aliphatic carbocycles. The molecule has 2 aromatic rings. The Balaban J connectivity index is 1.59. The van der Waals surface area contributed by atoms with Gasteiger partial charge in [-0.05, 0) is 31.2 Å². The molecule has 0 unspecified atom stereocenters. The van der Waals surface area contributed by atoms with Crippen molar-refractivity contribution in [2.24, 2.45) is 0 Å². The fourth-order valence-electron chi connectivity index (χ4n) is 3.37. The molecule has 0 radical (unpaired) electrons. The maximum atomic E-state index is 12.6. The molecule has 138 valence electrons. The van der Waals surface area contributed by atoms with Gasteiger partial charge in [-0.3, -0.25) is 4.79 Å². The third-order valence-electron chi connectivity index (χ3n) is 5.00. The van der Waals surface area contributed by atoms with E-state index in [1.165, 1.54) is 4.90 Å². The van der Waals surface area contributed by atoms with Crippen LogP contribution in [-0.4, -0.2) is 50.3 Å². The van der Waals surface area contributed by atoms with E-state index >= 15 is 0 Å². The second-order valence-corrected chi connectivity index (χ2v) is 6.55. The minimum atomic E-state index is -0.161. The maximum Gasteiger partial charge on any atom is 0.282 e. The lowest BCUT2D eigenvalue weighted by Gasteiger charge is -2.36. The third-order valence-corrected chi connectivity index (χ3v) is 5.00. The van der Waals surface area contributed by atoms with Crippen LogP contribution in [0.2, 0.25) is 0 Å². The van der Waals surface area contributed by atoms with E-state index < -0.39 is 0 Å². The topological polar surface area (TPSA) is 66.2 Å². The van der Waals surface area contributed by atoms with Gasteiger partial charge in [-0.1, -0.05) is 24.3 Å². The molecule has 0 saturated carbocycles. The van der Waals surface area contributed by atoms with Crippen molar-refractivity contribution in [1.82, 2.24) is 0 Å². The van der Waals surface area contributed by atoms with Crippen molar-refractivity contribution in [3.05, 3.63) is 48.5 Å². The fourth-order valence-corrected chi connectivity index (χ4v) is 3.37. The molecule has 6 heteroatoms. The number of ether oxygens (including phenoxy) is 1. The van der Waals surface area contributed by atoms with Crippen LogP contribution >= 0.6 is 0 Å². The Bertz CT molecular complexity index is 757.